The molecule has 0 atom stereocenters. The molecule has 0 aliphatic carbocycles. The highest BCUT2D eigenvalue weighted by atomic mass is 15.3. The molecular weight excluding hydrogens is 148 g/mol. The van der Waals surface area contributed by atoms with Crippen molar-refractivity contribution in [2.45, 2.75) is 47.6 Å². The van der Waals surface area contributed by atoms with Gasteiger partial charge in [-0.05, 0) is 26.8 Å². The smallest absolute Gasteiger partial charge is 0.0543 e. The maximum Gasteiger partial charge on any atom is 0.0543 e. The van der Waals surface area contributed by atoms with Crippen LogP contribution >= 0.6 is 0 Å². The van der Waals surface area contributed by atoms with Gasteiger partial charge in [0.25, 0.3) is 0 Å². The molecule has 0 aromatic carbocycles. The minimum atomic E-state index is 0. The second-order valence-electron chi connectivity index (χ2n) is 3.12. The van der Waals surface area contributed by atoms with E-state index in [1.54, 1.807) is 6.20 Å². The highest BCUT2D eigenvalue weighted by Gasteiger charge is 2.10. The minimum absolute atomic E-state index is 0. The molecule has 0 fully saturated rings. The van der Waals surface area contributed by atoms with E-state index < -0.39 is 0 Å². The second-order valence-corrected chi connectivity index (χ2v) is 3.12. The summed E-state index contributed by atoms with van der Waals surface area (Å²) in [6, 6.07) is 1.94. The Balaban J connectivity index is 0. The molecule has 72 valence electrons. The molecule has 0 saturated carbocycles. The number of hydrogen-bond donors (Lipinski definition) is 0. The van der Waals surface area contributed by atoms with Crippen LogP contribution < -0.4 is 0 Å². The summed E-state index contributed by atoms with van der Waals surface area (Å²) in [4.78, 5) is 0. The fourth-order valence-electron chi connectivity index (χ4n) is 0.666. The van der Waals surface area contributed by atoms with E-state index in [9.17, 15) is 0 Å². The Bertz CT molecular complexity index is 170. The van der Waals surface area contributed by atoms with Crippen LogP contribution in [0.1, 0.15) is 42.0 Å². The van der Waals surface area contributed by atoms with Crippen molar-refractivity contribution in [3.63, 3.8) is 0 Å². The molecular formula is C10H22N2. The monoisotopic (exact) mass is 170 g/mol. The van der Waals surface area contributed by atoms with Crippen LogP contribution in [0.4, 0.5) is 0 Å². The highest BCUT2D eigenvalue weighted by Crippen LogP contribution is 2.09. The molecule has 0 N–H and O–H groups in total. The molecule has 0 amide bonds. The predicted octanol–water partition coefficient (Wildman–Crippen LogP) is 3.30. The van der Waals surface area contributed by atoms with Crippen molar-refractivity contribution in [3.05, 3.63) is 18.5 Å². The zero-order valence-corrected chi connectivity index (χ0v) is 8.13. The lowest BCUT2D eigenvalue weighted by Crippen LogP contribution is -2.21. The SMILES string of the molecule is C.CC.CC(C)(C)n1cccn1. The van der Waals surface area contributed by atoms with E-state index >= 15 is 0 Å². The molecule has 1 aromatic rings. The van der Waals surface area contributed by atoms with Gasteiger partial charge in [-0.1, -0.05) is 21.3 Å². The lowest BCUT2D eigenvalue weighted by molar-refractivity contribution is 0.355. The van der Waals surface area contributed by atoms with Crippen molar-refractivity contribution in [2.75, 3.05) is 0 Å². The molecule has 1 heterocycles. The van der Waals surface area contributed by atoms with E-state index in [1.807, 2.05) is 30.8 Å². The van der Waals surface area contributed by atoms with Gasteiger partial charge in [-0.25, -0.2) is 0 Å². The van der Waals surface area contributed by atoms with Crippen molar-refractivity contribution < 1.29 is 0 Å². The summed E-state index contributed by atoms with van der Waals surface area (Å²) >= 11 is 0. The van der Waals surface area contributed by atoms with Gasteiger partial charge in [0.15, 0.2) is 0 Å². The lowest BCUT2D eigenvalue weighted by Gasteiger charge is -2.18. The van der Waals surface area contributed by atoms with Crippen molar-refractivity contribution >= 4 is 0 Å². The first-order valence-electron chi connectivity index (χ1n) is 4.11. The first kappa shape index (κ1) is 13.8. The van der Waals surface area contributed by atoms with Crippen molar-refractivity contribution in [2.24, 2.45) is 0 Å². The fraction of sp³-hybridized carbons (Fsp3) is 0.700. The zero-order chi connectivity index (χ0) is 8.91. The van der Waals surface area contributed by atoms with E-state index in [-0.39, 0.29) is 13.0 Å². The Hall–Kier alpha value is -0.790. The van der Waals surface area contributed by atoms with Gasteiger partial charge in [0.2, 0.25) is 0 Å². The van der Waals surface area contributed by atoms with E-state index in [1.165, 1.54) is 0 Å². The Morgan fingerprint density at radius 2 is 1.67 bits per heavy atom. The first-order chi connectivity index (χ1) is 5.11. The van der Waals surface area contributed by atoms with E-state index in [4.69, 9.17) is 0 Å². The predicted molar refractivity (Wildman–Crippen MR) is 55.3 cm³/mol. The largest absolute Gasteiger partial charge is 0.268 e. The second kappa shape index (κ2) is 5.81. The zero-order valence-electron chi connectivity index (χ0n) is 8.13. The summed E-state index contributed by atoms with van der Waals surface area (Å²) in [7, 11) is 0. The molecule has 1 aromatic heterocycles. The van der Waals surface area contributed by atoms with Gasteiger partial charge in [0, 0.05) is 12.4 Å². The van der Waals surface area contributed by atoms with Gasteiger partial charge in [-0.15, -0.1) is 0 Å². The third kappa shape index (κ3) is 4.16. The average molecular weight is 170 g/mol. The van der Waals surface area contributed by atoms with Crippen LogP contribution in [0.5, 0.6) is 0 Å². The first-order valence-corrected chi connectivity index (χ1v) is 4.11. The topological polar surface area (TPSA) is 17.8 Å². The third-order valence-electron chi connectivity index (χ3n) is 1.19. The Kier molecular flexibility index (Phi) is 6.67. The Morgan fingerprint density at radius 3 is 1.83 bits per heavy atom. The van der Waals surface area contributed by atoms with Gasteiger partial charge < -0.3 is 0 Å². The Morgan fingerprint density at radius 1 is 1.17 bits per heavy atom. The summed E-state index contributed by atoms with van der Waals surface area (Å²) in [6.07, 6.45) is 3.77. The molecule has 0 aliphatic rings. The quantitative estimate of drug-likeness (QED) is 0.584. The normalized spacial score (nSPS) is 9.42. The molecule has 0 saturated heterocycles. The van der Waals surface area contributed by atoms with Crippen LogP contribution in [0, 0.1) is 0 Å². The molecule has 2 nitrogen and oxygen atoms in total. The van der Waals surface area contributed by atoms with E-state index in [2.05, 4.69) is 25.9 Å². The maximum absolute atomic E-state index is 4.10. The molecule has 0 bridgehead atoms. The van der Waals surface area contributed by atoms with Gasteiger partial charge in [0.1, 0.15) is 0 Å². The summed E-state index contributed by atoms with van der Waals surface area (Å²) < 4.78 is 1.94. The highest BCUT2D eigenvalue weighted by molar-refractivity contribution is 4.83. The Labute approximate surface area is 76.6 Å². The number of rotatable bonds is 0. The van der Waals surface area contributed by atoms with Crippen LogP contribution in [-0.2, 0) is 5.54 Å². The minimum Gasteiger partial charge on any atom is -0.268 e. The van der Waals surface area contributed by atoms with E-state index in [0.717, 1.165) is 0 Å². The van der Waals surface area contributed by atoms with Crippen molar-refractivity contribution in [3.8, 4) is 0 Å². The summed E-state index contributed by atoms with van der Waals surface area (Å²) in [5, 5.41) is 4.10. The molecule has 0 unspecified atom stereocenters. The van der Waals surface area contributed by atoms with Crippen LogP contribution in [0.2, 0.25) is 0 Å². The maximum atomic E-state index is 4.10. The molecule has 0 spiro atoms. The number of nitrogens with zero attached hydrogens (tertiary/aromatic N) is 2. The van der Waals surface area contributed by atoms with Crippen LogP contribution in [-0.4, -0.2) is 9.78 Å². The molecule has 12 heavy (non-hydrogen) atoms. The lowest BCUT2D eigenvalue weighted by atomic mass is 10.1. The molecule has 2 heteroatoms. The molecule has 0 aliphatic heterocycles. The van der Waals surface area contributed by atoms with Crippen molar-refractivity contribution in [1.29, 1.82) is 0 Å². The average Bonchev–Trinajstić information content (AvgIpc) is 2.40. The van der Waals surface area contributed by atoms with Gasteiger partial charge in [-0.3, -0.25) is 4.68 Å². The van der Waals surface area contributed by atoms with Gasteiger partial charge in [-0.2, -0.15) is 5.10 Å². The third-order valence-corrected chi connectivity index (χ3v) is 1.19. The van der Waals surface area contributed by atoms with Gasteiger partial charge >= 0.3 is 0 Å². The summed E-state index contributed by atoms with van der Waals surface area (Å²) in [5.41, 5.74) is 0.128. The summed E-state index contributed by atoms with van der Waals surface area (Å²) in [5.74, 6) is 0. The number of hydrogen-bond acceptors (Lipinski definition) is 1. The van der Waals surface area contributed by atoms with Crippen LogP contribution in [0.25, 0.3) is 0 Å². The molecule has 1 rings (SSSR count). The molecule has 0 radical (unpaired) electrons. The summed E-state index contributed by atoms with van der Waals surface area (Å²) in [6.45, 7) is 10.4. The van der Waals surface area contributed by atoms with Crippen LogP contribution in [0.3, 0.4) is 0 Å². The number of aromatic nitrogens is 2. The van der Waals surface area contributed by atoms with E-state index in [0.29, 0.717) is 0 Å². The fourth-order valence-corrected chi connectivity index (χ4v) is 0.666. The van der Waals surface area contributed by atoms with Crippen LogP contribution in [0.15, 0.2) is 18.5 Å². The van der Waals surface area contributed by atoms with Crippen molar-refractivity contribution in [1.82, 2.24) is 9.78 Å². The van der Waals surface area contributed by atoms with Gasteiger partial charge in [0.05, 0.1) is 5.54 Å². The standard InChI is InChI=1S/C7H12N2.C2H6.CH4/c1-7(2,3)9-6-4-5-8-9;1-2;/h4-6H,1-3H3;1-2H3;1H4.